The lowest BCUT2D eigenvalue weighted by molar-refractivity contribution is -0.120. The molecular formula is C22H22N4O3S. The van der Waals surface area contributed by atoms with Crippen LogP contribution in [0.3, 0.4) is 0 Å². The van der Waals surface area contributed by atoms with Crippen LogP contribution < -0.4 is 4.90 Å². The Balaban J connectivity index is 1.32. The largest absolute Gasteiger partial charge is 0.297 e. The number of aromatic amines is 1. The summed E-state index contributed by atoms with van der Waals surface area (Å²) in [4.78, 5) is 19.5. The second-order valence-electron chi connectivity index (χ2n) is 8.10. The molecule has 0 bridgehead atoms. The minimum atomic E-state index is -3.02. The number of nitrogens with one attached hydrogen (secondary N) is 1. The van der Waals surface area contributed by atoms with Crippen LogP contribution in [0.1, 0.15) is 28.8 Å². The molecule has 0 saturated carbocycles. The van der Waals surface area contributed by atoms with Gasteiger partial charge in [0.25, 0.3) is 0 Å². The predicted molar refractivity (Wildman–Crippen MR) is 113 cm³/mol. The van der Waals surface area contributed by atoms with E-state index in [9.17, 15) is 13.2 Å². The van der Waals surface area contributed by atoms with E-state index in [2.05, 4.69) is 15.2 Å². The smallest absolute Gasteiger partial charge is 0.231 e. The Labute approximate surface area is 175 Å². The number of sulfone groups is 1. The van der Waals surface area contributed by atoms with E-state index in [1.165, 1.54) is 0 Å². The van der Waals surface area contributed by atoms with Crippen LogP contribution in [0.15, 0.2) is 42.7 Å². The molecule has 2 aliphatic rings. The summed E-state index contributed by atoms with van der Waals surface area (Å²) in [7, 11) is -3.02. The van der Waals surface area contributed by atoms with Crippen LogP contribution in [0.4, 0.5) is 5.82 Å². The van der Waals surface area contributed by atoms with Crippen LogP contribution in [0.25, 0.3) is 11.1 Å². The van der Waals surface area contributed by atoms with Crippen LogP contribution in [0.5, 0.6) is 0 Å². The van der Waals surface area contributed by atoms with E-state index in [-0.39, 0.29) is 23.3 Å². The SMILES string of the molecule is Cc1nc(N2CCC(Cc3ccc4c(c3)CS(=O)(=O)C4)C2=O)ccc1-c1cn[nH]c1. The number of fused-ring (bicyclic) bond motifs is 1. The summed E-state index contributed by atoms with van der Waals surface area (Å²) in [6, 6.07) is 9.67. The monoisotopic (exact) mass is 422 g/mol. The predicted octanol–water partition coefficient (Wildman–Crippen LogP) is 2.80. The second-order valence-corrected chi connectivity index (χ2v) is 10.2. The Morgan fingerprint density at radius 1 is 1.17 bits per heavy atom. The Bertz CT molecular complexity index is 1240. The van der Waals surface area contributed by atoms with Crippen LogP contribution in [-0.4, -0.2) is 36.1 Å². The Hall–Kier alpha value is -3.00. The maximum Gasteiger partial charge on any atom is 0.231 e. The van der Waals surface area contributed by atoms with Crippen molar-refractivity contribution in [2.75, 3.05) is 11.4 Å². The number of benzene rings is 1. The minimum Gasteiger partial charge on any atom is -0.297 e. The summed E-state index contributed by atoms with van der Waals surface area (Å²) in [5.74, 6) is 0.862. The molecule has 1 fully saturated rings. The van der Waals surface area contributed by atoms with Crippen LogP contribution in [-0.2, 0) is 32.6 Å². The number of anilines is 1. The first-order chi connectivity index (χ1) is 14.4. The first-order valence-electron chi connectivity index (χ1n) is 9.99. The molecule has 2 aliphatic heterocycles. The molecule has 7 nitrogen and oxygen atoms in total. The molecule has 2 aromatic heterocycles. The highest BCUT2D eigenvalue weighted by Gasteiger charge is 2.34. The van der Waals surface area contributed by atoms with Gasteiger partial charge in [0.15, 0.2) is 9.84 Å². The van der Waals surface area contributed by atoms with Gasteiger partial charge in [0.1, 0.15) is 5.82 Å². The summed E-state index contributed by atoms with van der Waals surface area (Å²) in [6.07, 6.45) is 4.96. The third kappa shape index (κ3) is 3.41. The van der Waals surface area contributed by atoms with Crippen molar-refractivity contribution < 1.29 is 13.2 Å². The lowest BCUT2D eigenvalue weighted by Gasteiger charge is -2.17. The summed E-state index contributed by atoms with van der Waals surface area (Å²) < 4.78 is 23.7. The van der Waals surface area contributed by atoms with E-state index in [0.29, 0.717) is 18.8 Å². The zero-order chi connectivity index (χ0) is 20.9. The van der Waals surface area contributed by atoms with Crippen molar-refractivity contribution in [1.29, 1.82) is 0 Å². The number of rotatable bonds is 4. The van der Waals surface area contributed by atoms with Gasteiger partial charge in [-0.25, -0.2) is 13.4 Å². The third-order valence-electron chi connectivity index (χ3n) is 5.98. The van der Waals surface area contributed by atoms with Gasteiger partial charge in [-0.05, 0) is 48.6 Å². The van der Waals surface area contributed by atoms with Crippen molar-refractivity contribution in [3.05, 3.63) is 65.1 Å². The number of pyridine rings is 1. The molecule has 5 rings (SSSR count). The molecule has 4 heterocycles. The molecule has 0 radical (unpaired) electrons. The molecule has 8 heteroatoms. The van der Waals surface area contributed by atoms with Gasteiger partial charge in [-0.15, -0.1) is 0 Å². The quantitative estimate of drug-likeness (QED) is 0.697. The zero-order valence-corrected chi connectivity index (χ0v) is 17.4. The van der Waals surface area contributed by atoms with Crippen LogP contribution in [0, 0.1) is 12.8 Å². The van der Waals surface area contributed by atoms with Crippen molar-refractivity contribution in [1.82, 2.24) is 15.2 Å². The highest BCUT2D eigenvalue weighted by atomic mass is 32.2. The third-order valence-corrected chi connectivity index (χ3v) is 7.48. The van der Waals surface area contributed by atoms with E-state index in [4.69, 9.17) is 0 Å². The highest BCUT2D eigenvalue weighted by molar-refractivity contribution is 7.90. The topological polar surface area (TPSA) is 96.0 Å². The maximum atomic E-state index is 13.0. The number of carbonyl (C=O) groups excluding carboxylic acids is 1. The molecule has 154 valence electrons. The standard InChI is InChI=1S/C22H22N4O3S/c1-14-20(19-10-23-24-11-19)4-5-21(25-14)26-7-6-16(22(26)27)8-15-2-3-17-12-30(28,29)13-18(17)9-15/h2-5,9-11,16H,6-8,12-13H2,1H3,(H,23,24). The number of nitrogens with zero attached hydrogens (tertiary/aromatic N) is 3. The van der Waals surface area contributed by atoms with Crippen molar-refractivity contribution in [2.24, 2.45) is 5.92 Å². The lowest BCUT2D eigenvalue weighted by Crippen LogP contribution is -2.28. The summed E-state index contributed by atoms with van der Waals surface area (Å²) in [6.45, 7) is 2.57. The summed E-state index contributed by atoms with van der Waals surface area (Å²) in [5, 5.41) is 6.79. The normalized spacial score (nSPS) is 20.0. The van der Waals surface area contributed by atoms with E-state index >= 15 is 0 Å². The molecule has 30 heavy (non-hydrogen) atoms. The van der Waals surface area contributed by atoms with Gasteiger partial charge in [-0.1, -0.05) is 18.2 Å². The van der Waals surface area contributed by atoms with Crippen molar-refractivity contribution in [2.45, 2.75) is 31.3 Å². The number of hydrogen-bond acceptors (Lipinski definition) is 5. The zero-order valence-electron chi connectivity index (χ0n) is 16.6. The number of amides is 1. The van der Waals surface area contributed by atoms with Gasteiger partial charge in [0.2, 0.25) is 5.91 Å². The van der Waals surface area contributed by atoms with E-state index in [1.54, 1.807) is 11.1 Å². The molecule has 1 atom stereocenters. The van der Waals surface area contributed by atoms with Crippen LogP contribution >= 0.6 is 0 Å². The molecule has 0 spiro atoms. The fourth-order valence-corrected chi connectivity index (χ4v) is 6.05. The van der Waals surface area contributed by atoms with E-state index < -0.39 is 9.84 Å². The Kier molecular flexibility index (Phi) is 4.47. The van der Waals surface area contributed by atoms with Crippen LogP contribution in [0.2, 0.25) is 0 Å². The molecule has 0 aliphatic carbocycles. The molecule has 1 N–H and O–H groups in total. The van der Waals surface area contributed by atoms with Gasteiger partial charge in [0, 0.05) is 35.5 Å². The molecular weight excluding hydrogens is 400 g/mol. The van der Waals surface area contributed by atoms with E-state index in [0.717, 1.165) is 39.9 Å². The molecule has 3 aromatic rings. The molecule has 1 aromatic carbocycles. The van der Waals surface area contributed by atoms with Gasteiger partial charge in [0.05, 0.1) is 17.7 Å². The molecule has 1 unspecified atom stereocenters. The number of hydrogen-bond donors (Lipinski definition) is 1. The van der Waals surface area contributed by atoms with Gasteiger partial charge >= 0.3 is 0 Å². The number of carbonyl (C=O) groups is 1. The Morgan fingerprint density at radius 3 is 2.77 bits per heavy atom. The average Bonchev–Trinajstić information content (AvgIpc) is 3.40. The van der Waals surface area contributed by atoms with Crippen molar-refractivity contribution in [3.63, 3.8) is 0 Å². The maximum absolute atomic E-state index is 13.0. The van der Waals surface area contributed by atoms with E-state index in [1.807, 2.05) is 43.5 Å². The van der Waals surface area contributed by atoms with Gasteiger partial charge < -0.3 is 0 Å². The van der Waals surface area contributed by atoms with Gasteiger partial charge in [-0.2, -0.15) is 5.10 Å². The molecule has 1 amide bonds. The second kappa shape index (κ2) is 7.05. The fraction of sp³-hybridized carbons (Fsp3) is 0.318. The fourth-order valence-electron chi connectivity index (χ4n) is 4.45. The molecule has 1 saturated heterocycles. The highest BCUT2D eigenvalue weighted by Crippen LogP contribution is 2.31. The number of aromatic nitrogens is 3. The first kappa shape index (κ1) is 19.0. The van der Waals surface area contributed by atoms with Crippen molar-refractivity contribution in [3.8, 4) is 11.1 Å². The van der Waals surface area contributed by atoms with Gasteiger partial charge in [-0.3, -0.25) is 14.8 Å². The number of aryl methyl sites for hydroxylation is 1. The van der Waals surface area contributed by atoms with Crippen molar-refractivity contribution >= 4 is 21.6 Å². The number of H-pyrrole nitrogens is 1. The minimum absolute atomic E-state index is 0.0751. The Morgan fingerprint density at radius 2 is 2.00 bits per heavy atom. The average molecular weight is 423 g/mol. The summed E-state index contributed by atoms with van der Waals surface area (Å²) in [5.41, 5.74) is 5.59. The summed E-state index contributed by atoms with van der Waals surface area (Å²) >= 11 is 0. The first-order valence-corrected chi connectivity index (χ1v) is 11.8. The lowest BCUT2D eigenvalue weighted by atomic mass is 9.95.